The van der Waals surface area contributed by atoms with Crippen molar-refractivity contribution < 1.29 is 13.2 Å². The van der Waals surface area contributed by atoms with Gasteiger partial charge >= 0.3 is 6.18 Å². The highest BCUT2D eigenvalue weighted by molar-refractivity contribution is 5.61. The molecule has 21 heavy (non-hydrogen) atoms. The summed E-state index contributed by atoms with van der Waals surface area (Å²) in [6.45, 7) is 2.64. The van der Waals surface area contributed by atoms with Gasteiger partial charge in [0.15, 0.2) is 5.69 Å². The average molecular weight is 293 g/mol. The van der Waals surface area contributed by atoms with Gasteiger partial charge < -0.3 is 4.90 Å². The molecule has 6 heteroatoms. The minimum absolute atomic E-state index is 0.155. The highest BCUT2D eigenvalue weighted by atomic mass is 19.4. The molecular weight excluding hydrogens is 279 g/mol. The lowest BCUT2D eigenvalue weighted by atomic mass is 10.1. The number of anilines is 1. The third-order valence-corrected chi connectivity index (χ3v) is 3.65. The van der Waals surface area contributed by atoms with E-state index in [1.807, 2.05) is 13.0 Å². The van der Waals surface area contributed by atoms with Crippen LogP contribution in [0.2, 0.25) is 0 Å². The lowest BCUT2D eigenvalue weighted by molar-refractivity contribution is -0.141. The van der Waals surface area contributed by atoms with E-state index in [1.165, 1.54) is 0 Å². The van der Waals surface area contributed by atoms with Crippen molar-refractivity contribution in [1.29, 1.82) is 0 Å². The molecule has 1 unspecified atom stereocenters. The second-order valence-electron chi connectivity index (χ2n) is 5.13. The van der Waals surface area contributed by atoms with Gasteiger partial charge in [-0.25, -0.2) is 9.97 Å². The van der Waals surface area contributed by atoms with Crippen LogP contribution in [0.1, 0.15) is 19.0 Å². The van der Waals surface area contributed by atoms with Crippen molar-refractivity contribution in [1.82, 2.24) is 9.97 Å². The number of hydrogen-bond donors (Lipinski definition) is 0. The van der Waals surface area contributed by atoms with Gasteiger partial charge in [-0.15, -0.1) is 0 Å². The Labute approximate surface area is 120 Å². The lowest BCUT2D eigenvalue weighted by Crippen LogP contribution is -2.46. The van der Waals surface area contributed by atoms with Crippen molar-refractivity contribution in [2.24, 2.45) is 0 Å². The molecule has 1 aliphatic rings. The summed E-state index contributed by atoms with van der Waals surface area (Å²) >= 11 is 0. The standard InChI is InChI=1S/C15H14F3N3/c1-10-7-8-21(10)14-19-12(11-5-3-2-4-6-11)9-13(20-14)15(16,17)18/h2-6,9-10H,7-8H2,1H3. The number of hydrogen-bond acceptors (Lipinski definition) is 3. The van der Waals surface area contributed by atoms with Gasteiger partial charge in [-0.1, -0.05) is 30.3 Å². The first kappa shape index (κ1) is 13.9. The topological polar surface area (TPSA) is 29.0 Å². The van der Waals surface area contributed by atoms with E-state index in [9.17, 15) is 13.2 Å². The van der Waals surface area contributed by atoms with E-state index in [4.69, 9.17) is 0 Å². The van der Waals surface area contributed by atoms with Crippen molar-refractivity contribution in [3.63, 3.8) is 0 Å². The SMILES string of the molecule is CC1CCN1c1nc(-c2ccccc2)cc(C(F)(F)F)n1. The Hall–Kier alpha value is -2.11. The van der Waals surface area contributed by atoms with Crippen LogP contribution in [0.15, 0.2) is 36.4 Å². The van der Waals surface area contributed by atoms with E-state index in [-0.39, 0.29) is 12.0 Å². The molecule has 1 saturated heterocycles. The Morgan fingerprint density at radius 3 is 2.38 bits per heavy atom. The molecule has 3 rings (SSSR count). The van der Waals surface area contributed by atoms with E-state index in [0.717, 1.165) is 12.5 Å². The first-order valence-electron chi connectivity index (χ1n) is 6.73. The first-order valence-corrected chi connectivity index (χ1v) is 6.73. The van der Waals surface area contributed by atoms with Gasteiger partial charge in [0.2, 0.25) is 5.95 Å². The zero-order valence-electron chi connectivity index (χ0n) is 11.4. The number of aromatic nitrogens is 2. The third kappa shape index (κ3) is 2.70. The summed E-state index contributed by atoms with van der Waals surface area (Å²) in [6.07, 6.45) is -3.53. The van der Waals surface area contributed by atoms with Gasteiger partial charge in [0.1, 0.15) is 0 Å². The van der Waals surface area contributed by atoms with Crippen molar-refractivity contribution in [2.75, 3.05) is 11.4 Å². The molecule has 110 valence electrons. The van der Waals surface area contributed by atoms with E-state index in [2.05, 4.69) is 9.97 Å². The normalized spacial score (nSPS) is 18.5. The van der Waals surface area contributed by atoms with E-state index < -0.39 is 11.9 Å². The molecule has 3 nitrogen and oxygen atoms in total. The van der Waals surface area contributed by atoms with Crippen LogP contribution < -0.4 is 4.90 Å². The summed E-state index contributed by atoms with van der Waals surface area (Å²) in [5.41, 5.74) is 0.0531. The van der Waals surface area contributed by atoms with Gasteiger partial charge in [0.05, 0.1) is 5.69 Å². The quantitative estimate of drug-likeness (QED) is 0.844. The number of halogens is 3. The second-order valence-corrected chi connectivity index (χ2v) is 5.13. The first-order chi connectivity index (χ1) is 9.95. The van der Waals surface area contributed by atoms with E-state index in [1.54, 1.807) is 29.2 Å². The molecule has 1 aromatic carbocycles. The van der Waals surface area contributed by atoms with Crippen molar-refractivity contribution >= 4 is 5.95 Å². The maximum Gasteiger partial charge on any atom is 0.433 e. The molecule has 0 N–H and O–H groups in total. The Balaban J connectivity index is 2.09. The van der Waals surface area contributed by atoms with Gasteiger partial charge in [0.25, 0.3) is 0 Å². The van der Waals surface area contributed by atoms with Crippen LogP contribution in [0, 0.1) is 0 Å². The van der Waals surface area contributed by atoms with Gasteiger partial charge in [0, 0.05) is 18.2 Å². The average Bonchev–Trinajstić information content (AvgIpc) is 2.45. The molecule has 1 aromatic heterocycles. The number of benzene rings is 1. The van der Waals surface area contributed by atoms with E-state index in [0.29, 0.717) is 17.8 Å². The predicted molar refractivity (Wildman–Crippen MR) is 73.9 cm³/mol. The monoisotopic (exact) mass is 293 g/mol. The number of rotatable bonds is 2. The summed E-state index contributed by atoms with van der Waals surface area (Å²) < 4.78 is 39.1. The van der Waals surface area contributed by atoms with Crippen molar-refractivity contribution in [3.8, 4) is 11.3 Å². The molecule has 2 aromatic rings. The van der Waals surface area contributed by atoms with Gasteiger partial charge in [-0.2, -0.15) is 13.2 Å². The Morgan fingerprint density at radius 1 is 1.14 bits per heavy atom. The highest BCUT2D eigenvalue weighted by Crippen LogP contribution is 2.33. The molecule has 2 heterocycles. The molecule has 1 atom stereocenters. The Morgan fingerprint density at radius 2 is 1.86 bits per heavy atom. The molecule has 0 aliphatic carbocycles. The third-order valence-electron chi connectivity index (χ3n) is 3.65. The molecule has 0 spiro atoms. The fourth-order valence-corrected chi connectivity index (χ4v) is 2.28. The smallest absolute Gasteiger partial charge is 0.338 e. The molecular formula is C15H14F3N3. The van der Waals surface area contributed by atoms with Gasteiger partial charge in [-0.3, -0.25) is 0 Å². The molecule has 1 aliphatic heterocycles. The molecule has 1 fully saturated rings. The summed E-state index contributed by atoms with van der Waals surface area (Å²) in [5.74, 6) is 0.155. The highest BCUT2D eigenvalue weighted by Gasteiger charge is 2.35. The van der Waals surface area contributed by atoms with E-state index >= 15 is 0 Å². The van der Waals surface area contributed by atoms with Crippen LogP contribution in [0.25, 0.3) is 11.3 Å². The van der Waals surface area contributed by atoms with Crippen LogP contribution >= 0.6 is 0 Å². The lowest BCUT2D eigenvalue weighted by Gasteiger charge is -2.39. The zero-order valence-corrected chi connectivity index (χ0v) is 11.4. The minimum Gasteiger partial charge on any atom is -0.338 e. The predicted octanol–water partition coefficient (Wildman–Crippen LogP) is 3.76. The maximum atomic E-state index is 13.0. The zero-order chi connectivity index (χ0) is 15.0. The van der Waals surface area contributed by atoms with Crippen molar-refractivity contribution in [2.45, 2.75) is 25.6 Å². The Bertz CT molecular complexity index is 640. The summed E-state index contributed by atoms with van der Waals surface area (Å²) in [6, 6.07) is 10.0. The maximum absolute atomic E-state index is 13.0. The van der Waals surface area contributed by atoms with Crippen LogP contribution in [-0.2, 0) is 6.18 Å². The summed E-state index contributed by atoms with van der Waals surface area (Å²) in [4.78, 5) is 9.79. The van der Waals surface area contributed by atoms with Crippen LogP contribution in [0.4, 0.5) is 19.1 Å². The van der Waals surface area contributed by atoms with Crippen LogP contribution in [0.5, 0.6) is 0 Å². The fourth-order valence-electron chi connectivity index (χ4n) is 2.28. The Kier molecular flexibility index (Phi) is 3.31. The van der Waals surface area contributed by atoms with Crippen LogP contribution in [-0.4, -0.2) is 22.6 Å². The number of alkyl halides is 3. The second kappa shape index (κ2) is 5.02. The van der Waals surface area contributed by atoms with Gasteiger partial charge in [-0.05, 0) is 19.4 Å². The summed E-state index contributed by atoms with van der Waals surface area (Å²) in [7, 11) is 0. The minimum atomic E-state index is -4.48. The number of nitrogens with zero attached hydrogens (tertiary/aromatic N) is 3. The molecule has 0 radical (unpaired) electrons. The molecule has 0 amide bonds. The fraction of sp³-hybridized carbons (Fsp3) is 0.333. The van der Waals surface area contributed by atoms with Crippen molar-refractivity contribution in [3.05, 3.63) is 42.1 Å². The molecule has 0 saturated carbocycles. The van der Waals surface area contributed by atoms with Crippen LogP contribution in [0.3, 0.4) is 0 Å². The largest absolute Gasteiger partial charge is 0.433 e. The summed E-state index contributed by atoms with van der Waals surface area (Å²) in [5, 5.41) is 0. The molecule has 0 bridgehead atoms.